The summed E-state index contributed by atoms with van der Waals surface area (Å²) in [6.45, 7) is 0.704. The average molecular weight is 232 g/mol. The van der Waals surface area contributed by atoms with E-state index in [1.165, 1.54) is 5.56 Å². The van der Waals surface area contributed by atoms with Crippen LogP contribution in [0.15, 0.2) is 30.3 Å². The van der Waals surface area contributed by atoms with Crippen LogP contribution in [0.2, 0.25) is 0 Å². The van der Waals surface area contributed by atoms with Crippen LogP contribution in [-0.2, 0) is 9.94 Å². The third-order valence-electron chi connectivity index (χ3n) is 1.41. The molecule has 0 bridgehead atoms. The maximum atomic E-state index is 4.65. The van der Waals surface area contributed by atoms with Gasteiger partial charge in [-0.25, -0.2) is 0 Å². The lowest BCUT2D eigenvalue weighted by Gasteiger charge is -1.99. The zero-order valence-corrected chi connectivity index (χ0v) is 9.71. The van der Waals surface area contributed by atoms with Crippen molar-refractivity contribution in [2.24, 2.45) is 0 Å². The highest BCUT2D eigenvalue weighted by Crippen LogP contribution is 2.25. The largest absolute Gasteiger partial charge is 0.318 e. The van der Waals surface area contributed by atoms with E-state index in [-0.39, 0.29) is 0 Å². The van der Waals surface area contributed by atoms with E-state index in [1.54, 1.807) is 0 Å². The lowest BCUT2D eigenvalue weighted by atomic mass is 10.2. The number of benzene rings is 1. The fraction of sp³-hybridized carbons (Fsp3) is 0.333. The minimum Gasteiger partial charge on any atom is -0.318 e. The topological polar surface area (TPSA) is 9.23 Å². The van der Waals surface area contributed by atoms with Crippen LogP contribution in [0.25, 0.3) is 0 Å². The minimum atomic E-state index is 0.704. The highest BCUT2D eigenvalue weighted by molar-refractivity contribution is 8.76. The van der Waals surface area contributed by atoms with Crippen LogP contribution in [0, 0.1) is 0 Å². The minimum absolute atomic E-state index is 0.704. The van der Waals surface area contributed by atoms with Crippen LogP contribution in [0.4, 0.5) is 0 Å². The first-order valence-electron chi connectivity index (χ1n) is 3.98. The second-order valence-corrected chi connectivity index (χ2v) is 5.24. The molecule has 1 nitrogen and oxygen atoms in total. The SMILES string of the molecule is SOCCSSCc1ccccc1. The van der Waals surface area contributed by atoms with E-state index in [4.69, 9.17) is 0 Å². The summed E-state index contributed by atoms with van der Waals surface area (Å²) >= 11 is 3.67. The van der Waals surface area contributed by atoms with E-state index in [0.717, 1.165) is 11.5 Å². The Balaban J connectivity index is 2.07. The highest BCUT2D eigenvalue weighted by atomic mass is 33.1. The van der Waals surface area contributed by atoms with Crippen molar-refractivity contribution in [3.63, 3.8) is 0 Å². The van der Waals surface area contributed by atoms with Gasteiger partial charge in [-0.3, -0.25) is 0 Å². The predicted octanol–water partition coefficient (Wildman–Crippen LogP) is 3.43. The van der Waals surface area contributed by atoms with Gasteiger partial charge in [-0.1, -0.05) is 51.9 Å². The van der Waals surface area contributed by atoms with Gasteiger partial charge < -0.3 is 4.18 Å². The molecule has 1 aromatic rings. The molecule has 0 unspecified atom stereocenters. The van der Waals surface area contributed by atoms with Crippen LogP contribution >= 0.6 is 34.5 Å². The van der Waals surface area contributed by atoms with Crippen molar-refractivity contribution < 1.29 is 4.18 Å². The molecule has 0 aliphatic heterocycles. The Morgan fingerprint density at radius 2 is 1.92 bits per heavy atom. The van der Waals surface area contributed by atoms with Gasteiger partial charge in [-0.2, -0.15) is 0 Å². The maximum Gasteiger partial charge on any atom is 0.0709 e. The zero-order chi connectivity index (χ0) is 9.36. The fourth-order valence-corrected chi connectivity index (χ4v) is 2.93. The quantitative estimate of drug-likeness (QED) is 0.348. The highest BCUT2D eigenvalue weighted by Gasteiger charge is 1.92. The van der Waals surface area contributed by atoms with Gasteiger partial charge in [-0.15, -0.1) is 0 Å². The molecule has 0 aliphatic carbocycles. The normalized spacial score (nSPS) is 10.2. The van der Waals surface area contributed by atoms with E-state index in [2.05, 4.69) is 41.4 Å². The van der Waals surface area contributed by atoms with Gasteiger partial charge >= 0.3 is 0 Å². The van der Waals surface area contributed by atoms with E-state index < -0.39 is 0 Å². The van der Waals surface area contributed by atoms with Crippen LogP contribution in [0.1, 0.15) is 5.56 Å². The first-order chi connectivity index (χ1) is 6.43. The van der Waals surface area contributed by atoms with Crippen molar-refractivity contribution in [3.05, 3.63) is 35.9 Å². The smallest absolute Gasteiger partial charge is 0.0709 e. The molecule has 0 aliphatic rings. The summed E-state index contributed by atoms with van der Waals surface area (Å²) in [4.78, 5) is 0. The molecule has 1 rings (SSSR count). The van der Waals surface area contributed by atoms with Crippen molar-refractivity contribution in [1.29, 1.82) is 0 Å². The summed E-state index contributed by atoms with van der Waals surface area (Å²) in [5.74, 6) is 2.04. The third-order valence-corrected chi connectivity index (χ3v) is 3.90. The van der Waals surface area contributed by atoms with E-state index in [1.807, 2.05) is 27.7 Å². The summed E-state index contributed by atoms with van der Waals surface area (Å²) < 4.78 is 4.65. The van der Waals surface area contributed by atoms with Crippen molar-refractivity contribution in [3.8, 4) is 0 Å². The molecule has 1 aromatic carbocycles. The van der Waals surface area contributed by atoms with Gasteiger partial charge in [0.15, 0.2) is 0 Å². The predicted molar refractivity (Wildman–Crippen MR) is 65.1 cm³/mol. The Morgan fingerprint density at radius 1 is 1.15 bits per heavy atom. The van der Waals surface area contributed by atoms with Gasteiger partial charge in [0.2, 0.25) is 0 Å². The van der Waals surface area contributed by atoms with Crippen LogP contribution in [-0.4, -0.2) is 12.4 Å². The molecule has 0 heterocycles. The maximum absolute atomic E-state index is 4.65. The lowest BCUT2D eigenvalue weighted by Crippen LogP contribution is -1.85. The zero-order valence-electron chi connectivity index (χ0n) is 7.18. The first-order valence-corrected chi connectivity index (χ1v) is 6.83. The van der Waals surface area contributed by atoms with Crippen molar-refractivity contribution in [2.75, 3.05) is 12.4 Å². The van der Waals surface area contributed by atoms with Gasteiger partial charge in [0.1, 0.15) is 0 Å². The van der Waals surface area contributed by atoms with Crippen molar-refractivity contribution in [2.45, 2.75) is 5.75 Å². The van der Waals surface area contributed by atoms with E-state index in [9.17, 15) is 0 Å². The van der Waals surface area contributed by atoms with Gasteiger partial charge in [0.05, 0.1) is 6.61 Å². The summed E-state index contributed by atoms with van der Waals surface area (Å²) in [6.07, 6.45) is 0. The van der Waals surface area contributed by atoms with Gasteiger partial charge in [0.25, 0.3) is 0 Å². The van der Waals surface area contributed by atoms with E-state index >= 15 is 0 Å². The summed E-state index contributed by atoms with van der Waals surface area (Å²) in [7, 11) is 3.66. The Hall–Kier alpha value is 0.230. The Kier molecular flexibility index (Phi) is 6.62. The average Bonchev–Trinajstić information content (AvgIpc) is 2.19. The molecular formula is C9H12OS3. The summed E-state index contributed by atoms with van der Waals surface area (Å²) in [5.41, 5.74) is 1.37. The Labute approximate surface area is 92.7 Å². The Bertz CT molecular complexity index is 215. The standard InChI is InChI=1S/C9H12OS3/c11-10-6-7-12-13-8-9-4-2-1-3-5-9/h1-5,11H,6-8H2. The first kappa shape index (κ1) is 11.3. The van der Waals surface area contributed by atoms with Crippen LogP contribution < -0.4 is 0 Å². The second kappa shape index (κ2) is 7.62. The number of thiol groups is 1. The molecular weight excluding hydrogens is 220 g/mol. The van der Waals surface area contributed by atoms with Gasteiger partial charge in [0, 0.05) is 11.5 Å². The lowest BCUT2D eigenvalue weighted by molar-refractivity contribution is 0.415. The second-order valence-electron chi connectivity index (χ2n) is 2.40. The molecule has 0 amide bonds. The molecule has 72 valence electrons. The number of rotatable bonds is 6. The molecule has 0 aromatic heterocycles. The summed E-state index contributed by atoms with van der Waals surface area (Å²) in [5, 5.41) is 0. The number of hydrogen-bond acceptors (Lipinski definition) is 4. The number of hydrogen-bond donors (Lipinski definition) is 1. The molecule has 0 N–H and O–H groups in total. The molecule has 0 saturated heterocycles. The van der Waals surface area contributed by atoms with Crippen molar-refractivity contribution >= 4 is 34.5 Å². The van der Waals surface area contributed by atoms with Crippen molar-refractivity contribution in [1.82, 2.24) is 0 Å². The van der Waals surface area contributed by atoms with Crippen LogP contribution in [0.5, 0.6) is 0 Å². The third kappa shape index (κ3) is 5.52. The Morgan fingerprint density at radius 3 is 2.62 bits per heavy atom. The molecule has 0 saturated carbocycles. The summed E-state index contributed by atoms with van der Waals surface area (Å²) in [6, 6.07) is 10.5. The molecule has 4 heteroatoms. The molecule has 0 radical (unpaired) electrons. The molecule has 13 heavy (non-hydrogen) atoms. The monoisotopic (exact) mass is 232 g/mol. The van der Waals surface area contributed by atoms with Gasteiger partial charge in [-0.05, 0) is 18.5 Å². The fourth-order valence-electron chi connectivity index (χ4n) is 0.814. The molecule has 0 spiro atoms. The van der Waals surface area contributed by atoms with Crippen LogP contribution in [0.3, 0.4) is 0 Å². The van der Waals surface area contributed by atoms with E-state index in [0.29, 0.717) is 6.61 Å². The molecule has 0 fully saturated rings. The molecule has 0 atom stereocenters.